The first-order valence-corrected chi connectivity index (χ1v) is 10.1. The molecule has 3 rings (SSSR count). The van der Waals surface area contributed by atoms with Crippen molar-refractivity contribution in [2.75, 3.05) is 5.32 Å². The molecule has 2 amide bonds. The minimum Gasteiger partial charge on any atom is -0.349 e. The summed E-state index contributed by atoms with van der Waals surface area (Å²) in [6.45, 7) is 0. The SMILES string of the molecule is O=C(NC1CCCCC1)c1cccc(NC(=S)NC(=O)c2ccccc2Cl)c1. The largest absolute Gasteiger partial charge is 0.349 e. The lowest BCUT2D eigenvalue weighted by molar-refractivity contribution is 0.0926. The molecule has 28 heavy (non-hydrogen) atoms. The van der Waals surface area contributed by atoms with Crippen LogP contribution in [-0.4, -0.2) is 23.0 Å². The Balaban J connectivity index is 1.59. The van der Waals surface area contributed by atoms with Crippen LogP contribution < -0.4 is 16.0 Å². The van der Waals surface area contributed by atoms with Gasteiger partial charge >= 0.3 is 0 Å². The number of nitrogens with one attached hydrogen (secondary N) is 3. The zero-order valence-corrected chi connectivity index (χ0v) is 16.9. The third-order valence-corrected chi connectivity index (χ3v) is 5.20. The molecule has 1 fully saturated rings. The molecule has 2 aromatic rings. The highest BCUT2D eigenvalue weighted by Crippen LogP contribution is 2.19. The molecule has 7 heteroatoms. The van der Waals surface area contributed by atoms with Crippen molar-refractivity contribution < 1.29 is 9.59 Å². The van der Waals surface area contributed by atoms with E-state index >= 15 is 0 Å². The van der Waals surface area contributed by atoms with E-state index < -0.39 is 5.91 Å². The van der Waals surface area contributed by atoms with Crippen molar-refractivity contribution in [3.05, 3.63) is 64.7 Å². The van der Waals surface area contributed by atoms with Crippen LogP contribution in [0.1, 0.15) is 52.8 Å². The van der Waals surface area contributed by atoms with Gasteiger partial charge in [0.2, 0.25) is 0 Å². The number of rotatable bonds is 4. The number of thiocarbonyl (C=S) groups is 1. The summed E-state index contributed by atoms with van der Waals surface area (Å²) in [5.41, 5.74) is 1.52. The summed E-state index contributed by atoms with van der Waals surface area (Å²) < 4.78 is 0. The first-order chi connectivity index (χ1) is 13.5. The fourth-order valence-corrected chi connectivity index (χ4v) is 3.66. The van der Waals surface area contributed by atoms with Crippen molar-refractivity contribution >= 4 is 46.4 Å². The number of carbonyl (C=O) groups excluding carboxylic acids is 2. The molecule has 0 atom stereocenters. The summed E-state index contributed by atoms with van der Waals surface area (Å²) in [7, 11) is 0. The zero-order valence-electron chi connectivity index (χ0n) is 15.3. The van der Waals surface area contributed by atoms with Crippen LogP contribution in [0.5, 0.6) is 0 Å². The van der Waals surface area contributed by atoms with Crippen molar-refractivity contribution in [2.45, 2.75) is 38.1 Å². The minimum atomic E-state index is -0.394. The lowest BCUT2D eigenvalue weighted by atomic mass is 9.95. The predicted octanol–water partition coefficient (Wildman–Crippen LogP) is 4.53. The average molecular weight is 416 g/mol. The van der Waals surface area contributed by atoms with E-state index in [1.807, 2.05) is 0 Å². The van der Waals surface area contributed by atoms with E-state index in [0.29, 0.717) is 21.8 Å². The number of amides is 2. The molecule has 5 nitrogen and oxygen atoms in total. The number of hydrogen-bond donors (Lipinski definition) is 3. The van der Waals surface area contributed by atoms with Gasteiger partial charge in [-0.3, -0.25) is 14.9 Å². The second kappa shape index (κ2) is 9.66. The molecule has 1 aliphatic rings. The number of hydrogen-bond acceptors (Lipinski definition) is 3. The minimum absolute atomic E-state index is 0.0958. The van der Waals surface area contributed by atoms with Gasteiger partial charge in [-0.25, -0.2) is 0 Å². The van der Waals surface area contributed by atoms with Gasteiger partial charge < -0.3 is 10.6 Å². The van der Waals surface area contributed by atoms with Gasteiger partial charge in [-0.05, 0) is 55.4 Å². The van der Waals surface area contributed by atoms with E-state index in [1.165, 1.54) is 6.42 Å². The Hall–Kier alpha value is -2.44. The third-order valence-electron chi connectivity index (χ3n) is 4.67. The zero-order chi connectivity index (χ0) is 19.9. The van der Waals surface area contributed by atoms with Crippen molar-refractivity contribution in [3.8, 4) is 0 Å². The standard InChI is InChI=1S/C21H22ClN3O2S/c22-18-12-5-4-11-17(18)20(27)25-21(28)24-16-10-6-7-14(13-16)19(26)23-15-8-2-1-3-9-15/h4-7,10-13,15H,1-3,8-9H2,(H,23,26)(H2,24,25,27,28). The average Bonchev–Trinajstić information content (AvgIpc) is 2.69. The van der Waals surface area contributed by atoms with E-state index in [2.05, 4.69) is 16.0 Å². The van der Waals surface area contributed by atoms with Crippen LogP contribution in [-0.2, 0) is 0 Å². The van der Waals surface area contributed by atoms with Gasteiger partial charge in [0.05, 0.1) is 10.6 Å². The normalized spacial score (nSPS) is 14.2. The fourth-order valence-electron chi connectivity index (χ4n) is 3.23. The molecule has 0 bridgehead atoms. The topological polar surface area (TPSA) is 70.2 Å². The van der Waals surface area contributed by atoms with Gasteiger partial charge in [-0.1, -0.05) is 49.1 Å². The number of benzene rings is 2. The summed E-state index contributed by atoms with van der Waals surface area (Å²) in [5.74, 6) is -0.490. The molecule has 0 spiro atoms. The van der Waals surface area contributed by atoms with E-state index in [4.69, 9.17) is 23.8 Å². The van der Waals surface area contributed by atoms with E-state index in [9.17, 15) is 9.59 Å². The molecule has 3 N–H and O–H groups in total. The van der Waals surface area contributed by atoms with Crippen LogP contribution in [0.15, 0.2) is 48.5 Å². The molecular formula is C21H22ClN3O2S. The van der Waals surface area contributed by atoms with Gasteiger partial charge in [0, 0.05) is 17.3 Å². The Labute approximate surface area is 174 Å². The first-order valence-electron chi connectivity index (χ1n) is 9.31. The fraction of sp³-hybridized carbons (Fsp3) is 0.286. The maximum atomic E-state index is 12.5. The lowest BCUT2D eigenvalue weighted by Gasteiger charge is -2.22. The molecule has 0 radical (unpaired) electrons. The van der Waals surface area contributed by atoms with Crippen LogP contribution in [0.3, 0.4) is 0 Å². The number of carbonyl (C=O) groups is 2. The van der Waals surface area contributed by atoms with Crippen LogP contribution in [0.2, 0.25) is 5.02 Å². The van der Waals surface area contributed by atoms with Gasteiger partial charge in [-0.2, -0.15) is 0 Å². The molecule has 1 aliphatic carbocycles. The van der Waals surface area contributed by atoms with Crippen LogP contribution in [0.4, 0.5) is 5.69 Å². The van der Waals surface area contributed by atoms with Crippen molar-refractivity contribution in [3.63, 3.8) is 0 Å². The maximum Gasteiger partial charge on any atom is 0.258 e. The summed E-state index contributed by atoms with van der Waals surface area (Å²) in [6, 6.07) is 14.0. The molecule has 0 aliphatic heterocycles. The Morgan fingerprint density at radius 2 is 1.71 bits per heavy atom. The highest BCUT2D eigenvalue weighted by molar-refractivity contribution is 7.80. The second-order valence-electron chi connectivity index (χ2n) is 6.78. The van der Waals surface area contributed by atoms with Gasteiger partial charge in [0.15, 0.2) is 5.11 Å². The van der Waals surface area contributed by atoms with Crippen molar-refractivity contribution in [1.82, 2.24) is 10.6 Å². The van der Waals surface area contributed by atoms with Crippen molar-refractivity contribution in [1.29, 1.82) is 0 Å². The third kappa shape index (κ3) is 5.53. The first kappa shape index (κ1) is 20.3. The summed E-state index contributed by atoms with van der Waals surface area (Å²) >= 11 is 11.2. The van der Waals surface area contributed by atoms with Crippen LogP contribution in [0, 0.1) is 0 Å². The molecule has 146 valence electrons. The lowest BCUT2D eigenvalue weighted by Crippen LogP contribution is -2.36. The van der Waals surface area contributed by atoms with Crippen LogP contribution >= 0.6 is 23.8 Å². The molecule has 2 aromatic carbocycles. The monoisotopic (exact) mass is 415 g/mol. The van der Waals surface area contributed by atoms with Gasteiger partial charge in [0.1, 0.15) is 0 Å². The Bertz CT molecular complexity index is 881. The second-order valence-corrected chi connectivity index (χ2v) is 7.59. The molecule has 0 heterocycles. The van der Waals surface area contributed by atoms with Gasteiger partial charge in [-0.15, -0.1) is 0 Å². The summed E-state index contributed by atoms with van der Waals surface area (Å²) in [6.07, 6.45) is 5.62. The molecule has 0 saturated heterocycles. The Morgan fingerprint density at radius 3 is 2.46 bits per heavy atom. The van der Waals surface area contributed by atoms with E-state index in [1.54, 1.807) is 48.5 Å². The molecular weight excluding hydrogens is 394 g/mol. The molecule has 1 saturated carbocycles. The quantitative estimate of drug-likeness (QED) is 0.641. The molecule has 0 unspecified atom stereocenters. The highest BCUT2D eigenvalue weighted by atomic mass is 35.5. The van der Waals surface area contributed by atoms with E-state index in [-0.39, 0.29) is 17.1 Å². The Morgan fingerprint density at radius 1 is 0.964 bits per heavy atom. The molecule has 0 aromatic heterocycles. The summed E-state index contributed by atoms with van der Waals surface area (Å²) in [5, 5.41) is 9.11. The number of halogens is 1. The maximum absolute atomic E-state index is 12.5. The van der Waals surface area contributed by atoms with Crippen LogP contribution in [0.25, 0.3) is 0 Å². The highest BCUT2D eigenvalue weighted by Gasteiger charge is 2.17. The smallest absolute Gasteiger partial charge is 0.258 e. The van der Waals surface area contributed by atoms with Crippen molar-refractivity contribution in [2.24, 2.45) is 0 Å². The predicted molar refractivity (Wildman–Crippen MR) is 116 cm³/mol. The Kier molecular flexibility index (Phi) is 7.01. The van der Waals surface area contributed by atoms with E-state index in [0.717, 1.165) is 25.7 Å². The number of anilines is 1. The van der Waals surface area contributed by atoms with Gasteiger partial charge in [0.25, 0.3) is 11.8 Å². The summed E-state index contributed by atoms with van der Waals surface area (Å²) in [4.78, 5) is 24.8.